The van der Waals surface area contributed by atoms with E-state index in [4.69, 9.17) is 5.73 Å². The second-order valence-electron chi connectivity index (χ2n) is 2.59. The number of aromatic nitrogens is 4. The number of nitrogens with one attached hydrogen (secondary N) is 1. The van der Waals surface area contributed by atoms with Crippen molar-refractivity contribution in [2.75, 3.05) is 5.73 Å². The first-order chi connectivity index (χ1) is 5.77. The fraction of sp³-hybridized carbons (Fsp3) is 0.143. The van der Waals surface area contributed by atoms with E-state index in [9.17, 15) is 0 Å². The topological polar surface area (TPSA) is 72.5 Å². The molecule has 5 nitrogen and oxygen atoms in total. The fourth-order valence-electron chi connectivity index (χ4n) is 1.13. The van der Waals surface area contributed by atoms with Crippen LogP contribution in [-0.2, 0) is 7.05 Å². The number of rotatable bonds is 1. The minimum absolute atomic E-state index is 0.527. The van der Waals surface area contributed by atoms with Gasteiger partial charge >= 0.3 is 0 Å². The van der Waals surface area contributed by atoms with Crippen molar-refractivity contribution in [1.82, 2.24) is 20.0 Å². The number of nitrogens with zero attached hydrogens (tertiary/aromatic N) is 3. The van der Waals surface area contributed by atoms with E-state index in [2.05, 4.69) is 15.3 Å². The van der Waals surface area contributed by atoms with Gasteiger partial charge in [-0.05, 0) is 0 Å². The summed E-state index contributed by atoms with van der Waals surface area (Å²) in [6.45, 7) is 0. The first kappa shape index (κ1) is 6.90. The van der Waals surface area contributed by atoms with E-state index in [0.29, 0.717) is 5.82 Å². The molecule has 0 saturated heterocycles. The lowest BCUT2D eigenvalue weighted by Crippen LogP contribution is -1.90. The van der Waals surface area contributed by atoms with Crippen LogP contribution in [0.3, 0.4) is 0 Å². The van der Waals surface area contributed by atoms with Gasteiger partial charge in [0.25, 0.3) is 0 Å². The van der Waals surface area contributed by atoms with Crippen molar-refractivity contribution in [3.8, 4) is 11.1 Å². The van der Waals surface area contributed by atoms with Crippen molar-refractivity contribution in [3.05, 3.63) is 18.6 Å². The Balaban J connectivity index is 2.54. The van der Waals surface area contributed by atoms with Crippen LogP contribution in [0, 0.1) is 0 Å². The molecule has 3 N–H and O–H groups in total. The number of nitrogen functional groups attached to an aromatic ring is 1. The Morgan fingerprint density at radius 3 is 2.92 bits per heavy atom. The maximum Gasteiger partial charge on any atom is 0.153 e. The van der Waals surface area contributed by atoms with Gasteiger partial charge in [0.2, 0.25) is 0 Å². The molecule has 0 saturated carbocycles. The van der Waals surface area contributed by atoms with Crippen LogP contribution in [0.25, 0.3) is 11.1 Å². The summed E-state index contributed by atoms with van der Waals surface area (Å²) in [6, 6.07) is 0. The molecule has 0 aliphatic carbocycles. The molecule has 0 spiro atoms. The lowest BCUT2D eigenvalue weighted by molar-refractivity contribution is 0.772. The summed E-state index contributed by atoms with van der Waals surface area (Å²) in [5.41, 5.74) is 7.53. The van der Waals surface area contributed by atoms with E-state index in [1.165, 1.54) is 0 Å². The van der Waals surface area contributed by atoms with Crippen LogP contribution in [-0.4, -0.2) is 20.0 Å². The molecule has 2 heterocycles. The average Bonchev–Trinajstić information content (AvgIpc) is 2.58. The predicted octanol–water partition coefficient (Wildman–Crippen LogP) is 0.392. The molecular weight excluding hydrogens is 154 g/mol. The van der Waals surface area contributed by atoms with E-state index >= 15 is 0 Å². The van der Waals surface area contributed by atoms with Crippen LogP contribution in [0.4, 0.5) is 5.82 Å². The molecule has 0 aromatic carbocycles. The Kier molecular flexibility index (Phi) is 1.36. The summed E-state index contributed by atoms with van der Waals surface area (Å²) in [7, 11) is 1.83. The van der Waals surface area contributed by atoms with Gasteiger partial charge in [0.1, 0.15) is 0 Å². The van der Waals surface area contributed by atoms with Crippen molar-refractivity contribution in [1.29, 1.82) is 0 Å². The third kappa shape index (κ3) is 0.952. The van der Waals surface area contributed by atoms with E-state index in [0.717, 1.165) is 11.1 Å². The summed E-state index contributed by atoms with van der Waals surface area (Å²) < 4.78 is 1.68. The third-order valence-corrected chi connectivity index (χ3v) is 1.67. The largest absolute Gasteiger partial charge is 0.382 e. The standard InChI is InChI=1S/C7H9N5/c1-12-4-6(7(8)11-12)5-2-9-10-3-5/h2-4H,1H3,(H2,8,11)(H,9,10). The Morgan fingerprint density at radius 2 is 2.42 bits per heavy atom. The number of H-pyrrole nitrogens is 1. The van der Waals surface area contributed by atoms with Crippen LogP contribution in [0.1, 0.15) is 0 Å². The van der Waals surface area contributed by atoms with E-state index in [1.807, 2.05) is 13.2 Å². The zero-order chi connectivity index (χ0) is 8.55. The summed E-state index contributed by atoms with van der Waals surface area (Å²) >= 11 is 0. The molecule has 62 valence electrons. The van der Waals surface area contributed by atoms with Crippen LogP contribution in [0.2, 0.25) is 0 Å². The minimum Gasteiger partial charge on any atom is -0.382 e. The highest BCUT2D eigenvalue weighted by molar-refractivity contribution is 5.71. The van der Waals surface area contributed by atoms with Crippen LogP contribution >= 0.6 is 0 Å². The molecule has 2 rings (SSSR count). The van der Waals surface area contributed by atoms with Gasteiger partial charge < -0.3 is 5.73 Å². The minimum atomic E-state index is 0.527. The van der Waals surface area contributed by atoms with E-state index in [1.54, 1.807) is 17.1 Å². The van der Waals surface area contributed by atoms with E-state index < -0.39 is 0 Å². The number of aryl methyl sites for hydroxylation is 1. The SMILES string of the molecule is Cn1cc(-c2cn[nH]c2)c(N)n1. The van der Waals surface area contributed by atoms with Gasteiger partial charge in [0.05, 0.1) is 6.20 Å². The molecule has 0 amide bonds. The maximum absolute atomic E-state index is 5.66. The molecule has 0 fully saturated rings. The van der Waals surface area contributed by atoms with Crippen molar-refractivity contribution < 1.29 is 0 Å². The molecule has 2 aromatic heterocycles. The molecule has 0 radical (unpaired) electrons. The monoisotopic (exact) mass is 163 g/mol. The van der Waals surface area contributed by atoms with Gasteiger partial charge in [0.15, 0.2) is 5.82 Å². The molecule has 0 atom stereocenters. The highest BCUT2D eigenvalue weighted by Gasteiger charge is 2.06. The summed E-state index contributed by atoms with van der Waals surface area (Å²) in [5, 5.41) is 10.6. The van der Waals surface area contributed by atoms with Crippen molar-refractivity contribution in [3.63, 3.8) is 0 Å². The molecule has 0 aliphatic rings. The Bertz CT molecular complexity index is 372. The lowest BCUT2D eigenvalue weighted by atomic mass is 10.2. The smallest absolute Gasteiger partial charge is 0.153 e. The van der Waals surface area contributed by atoms with Crippen molar-refractivity contribution in [2.24, 2.45) is 7.05 Å². The quantitative estimate of drug-likeness (QED) is 0.638. The highest BCUT2D eigenvalue weighted by Crippen LogP contribution is 2.22. The molecular formula is C7H9N5. The van der Waals surface area contributed by atoms with Gasteiger partial charge in [-0.25, -0.2) is 0 Å². The summed E-state index contributed by atoms with van der Waals surface area (Å²) in [6.07, 6.45) is 5.36. The Hall–Kier alpha value is -1.78. The predicted molar refractivity (Wildman–Crippen MR) is 45.2 cm³/mol. The number of nitrogens with two attached hydrogens (primary N) is 1. The molecule has 2 aromatic rings. The number of hydrogen-bond donors (Lipinski definition) is 2. The van der Waals surface area contributed by atoms with Gasteiger partial charge in [-0.3, -0.25) is 9.78 Å². The van der Waals surface area contributed by atoms with Crippen LogP contribution in [0.15, 0.2) is 18.6 Å². The number of anilines is 1. The number of hydrogen-bond acceptors (Lipinski definition) is 3. The molecule has 12 heavy (non-hydrogen) atoms. The third-order valence-electron chi connectivity index (χ3n) is 1.67. The second kappa shape index (κ2) is 2.37. The van der Waals surface area contributed by atoms with Gasteiger partial charge in [0, 0.05) is 30.6 Å². The zero-order valence-electron chi connectivity index (χ0n) is 6.65. The van der Waals surface area contributed by atoms with E-state index in [-0.39, 0.29) is 0 Å². The number of aromatic amines is 1. The van der Waals surface area contributed by atoms with Crippen LogP contribution in [0.5, 0.6) is 0 Å². The highest BCUT2D eigenvalue weighted by atomic mass is 15.3. The fourth-order valence-corrected chi connectivity index (χ4v) is 1.13. The molecule has 0 bridgehead atoms. The Labute approximate surface area is 69.2 Å². The summed E-state index contributed by atoms with van der Waals surface area (Å²) in [4.78, 5) is 0. The second-order valence-corrected chi connectivity index (χ2v) is 2.59. The normalized spacial score (nSPS) is 10.4. The van der Waals surface area contributed by atoms with Crippen molar-refractivity contribution >= 4 is 5.82 Å². The maximum atomic E-state index is 5.66. The van der Waals surface area contributed by atoms with Gasteiger partial charge in [-0.15, -0.1) is 0 Å². The van der Waals surface area contributed by atoms with Crippen molar-refractivity contribution in [2.45, 2.75) is 0 Å². The van der Waals surface area contributed by atoms with Gasteiger partial charge in [-0.1, -0.05) is 0 Å². The first-order valence-corrected chi connectivity index (χ1v) is 3.55. The molecule has 0 unspecified atom stereocenters. The molecule has 0 aliphatic heterocycles. The Morgan fingerprint density at radius 1 is 1.58 bits per heavy atom. The first-order valence-electron chi connectivity index (χ1n) is 3.55. The lowest BCUT2D eigenvalue weighted by Gasteiger charge is -1.88. The van der Waals surface area contributed by atoms with Crippen LogP contribution < -0.4 is 5.73 Å². The van der Waals surface area contributed by atoms with Gasteiger partial charge in [-0.2, -0.15) is 10.2 Å². The molecule has 5 heteroatoms. The average molecular weight is 163 g/mol. The summed E-state index contributed by atoms with van der Waals surface area (Å²) in [5.74, 6) is 0.527. The zero-order valence-corrected chi connectivity index (χ0v) is 6.65.